The number of carbonyl (C=O) groups excluding carboxylic acids is 1. The Kier molecular flexibility index (Phi) is 6.21. The Morgan fingerprint density at radius 3 is 2.33 bits per heavy atom. The van der Waals surface area contributed by atoms with Gasteiger partial charge in [-0.2, -0.15) is 8.42 Å². The molecule has 0 radical (unpaired) electrons. The number of phenolic OH excluding ortho intramolecular Hbond substituents is 1. The molecular formula is C10H12O4S. The van der Waals surface area contributed by atoms with Gasteiger partial charge in [-0.25, -0.2) is 0 Å². The minimum Gasteiger partial charge on any atom is -0.508 e. The number of aryl methyl sites for hydroxylation is 1. The van der Waals surface area contributed by atoms with Crippen LogP contribution in [0.1, 0.15) is 29.8 Å². The van der Waals surface area contributed by atoms with Crippen LogP contribution < -0.4 is 0 Å². The van der Waals surface area contributed by atoms with Crippen molar-refractivity contribution in [3.8, 4) is 5.75 Å². The molecule has 0 heterocycles. The van der Waals surface area contributed by atoms with E-state index in [-0.39, 0.29) is 11.5 Å². The Bertz CT molecular complexity index is 381. The van der Waals surface area contributed by atoms with Gasteiger partial charge < -0.3 is 5.11 Å². The lowest BCUT2D eigenvalue weighted by Crippen LogP contribution is -1.93. The number of Topliss-reactive ketones (excluding diaryl/α,β-unsaturated/α-hetero) is 1. The number of ketones is 1. The number of aromatic hydroxyl groups is 1. The molecule has 1 aromatic carbocycles. The summed E-state index contributed by atoms with van der Waals surface area (Å²) in [6.07, 6.45) is 0.743. The van der Waals surface area contributed by atoms with Crippen LogP contribution in [0, 0.1) is 0 Å². The number of rotatable bonds is 2. The van der Waals surface area contributed by atoms with Gasteiger partial charge in [-0.05, 0) is 37.1 Å². The van der Waals surface area contributed by atoms with Gasteiger partial charge >= 0.3 is 11.6 Å². The van der Waals surface area contributed by atoms with E-state index < -0.39 is 11.6 Å². The van der Waals surface area contributed by atoms with E-state index in [2.05, 4.69) is 0 Å². The van der Waals surface area contributed by atoms with Crippen LogP contribution in [0.15, 0.2) is 18.2 Å². The molecule has 0 unspecified atom stereocenters. The zero-order chi connectivity index (χ0) is 11.8. The summed E-state index contributed by atoms with van der Waals surface area (Å²) < 4.78 is 16.6. The largest absolute Gasteiger partial charge is 0.508 e. The van der Waals surface area contributed by atoms with Gasteiger partial charge in [0.25, 0.3) is 0 Å². The molecule has 1 aromatic rings. The van der Waals surface area contributed by atoms with E-state index >= 15 is 0 Å². The van der Waals surface area contributed by atoms with Crippen LogP contribution in [0.2, 0.25) is 0 Å². The molecule has 4 nitrogen and oxygen atoms in total. The normalized spacial score (nSPS) is 8.67. The molecule has 0 aliphatic heterocycles. The van der Waals surface area contributed by atoms with Crippen molar-refractivity contribution < 1.29 is 18.3 Å². The summed E-state index contributed by atoms with van der Waals surface area (Å²) in [5.41, 5.74) is 1.48. The molecule has 0 saturated heterocycles. The second-order valence-electron chi connectivity index (χ2n) is 2.82. The minimum absolute atomic E-state index is 0.0321. The molecule has 0 bridgehead atoms. The third-order valence-corrected chi connectivity index (χ3v) is 1.87. The van der Waals surface area contributed by atoms with Gasteiger partial charge in [0, 0.05) is 5.56 Å². The first kappa shape index (κ1) is 13.5. The van der Waals surface area contributed by atoms with Crippen molar-refractivity contribution in [1.82, 2.24) is 0 Å². The van der Waals surface area contributed by atoms with Gasteiger partial charge in [0.2, 0.25) is 0 Å². The molecule has 0 aliphatic rings. The van der Waals surface area contributed by atoms with Crippen LogP contribution >= 0.6 is 0 Å². The smallest absolute Gasteiger partial charge is 0.335 e. The Morgan fingerprint density at radius 2 is 1.93 bits per heavy atom. The minimum atomic E-state index is -0.750. The molecule has 0 aromatic heterocycles. The summed E-state index contributed by atoms with van der Waals surface area (Å²) in [6, 6.07) is 4.93. The number of phenols is 1. The van der Waals surface area contributed by atoms with Gasteiger partial charge in [-0.1, -0.05) is 6.92 Å². The van der Waals surface area contributed by atoms with E-state index in [1.54, 1.807) is 18.2 Å². The second-order valence-corrected chi connectivity index (χ2v) is 2.96. The van der Waals surface area contributed by atoms with Crippen molar-refractivity contribution in [1.29, 1.82) is 0 Å². The van der Waals surface area contributed by atoms with Crippen LogP contribution in [0.5, 0.6) is 5.75 Å². The van der Waals surface area contributed by atoms with E-state index in [0.717, 1.165) is 12.0 Å². The maximum absolute atomic E-state index is 10.9. The number of hydrogen-bond donors (Lipinski definition) is 1. The van der Waals surface area contributed by atoms with Gasteiger partial charge in [0.15, 0.2) is 5.78 Å². The lowest BCUT2D eigenvalue weighted by molar-refractivity contribution is 0.101. The van der Waals surface area contributed by atoms with Crippen molar-refractivity contribution in [3.63, 3.8) is 0 Å². The van der Waals surface area contributed by atoms with Crippen molar-refractivity contribution >= 4 is 17.4 Å². The summed E-state index contributed by atoms with van der Waals surface area (Å²) in [4.78, 5) is 10.9. The van der Waals surface area contributed by atoms with Crippen LogP contribution in [-0.4, -0.2) is 19.3 Å². The summed E-state index contributed by atoms with van der Waals surface area (Å²) in [7, 11) is 0. The maximum Gasteiger partial charge on any atom is 0.335 e. The van der Waals surface area contributed by atoms with Crippen LogP contribution in [0.4, 0.5) is 0 Å². The second kappa shape index (κ2) is 6.89. The van der Waals surface area contributed by atoms with E-state index in [0.29, 0.717) is 5.56 Å². The van der Waals surface area contributed by atoms with Crippen molar-refractivity contribution in [2.75, 3.05) is 0 Å². The van der Waals surface area contributed by atoms with Crippen molar-refractivity contribution in [2.24, 2.45) is 0 Å². The van der Waals surface area contributed by atoms with Gasteiger partial charge in [-0.15, -0.1) is 0 Å². The molecule has 15 heavy (non-hydrogen) atoms. The predicted octanol–water partition coefficient (Wildman–Crippen LogP) is 1.49. The molecular weight excluding hydrogens is 216 g/mol. The van der Waals surface area contributed by atoms with E-state index in [1.165, 1.54) is 6.92 Å². The molecule has 0 saturated carbocycles. The molecule has 1 rings (SSSR count). The van der Waals surface area contributed by atoms with Crippen LogP contribution in [-0.2, 0) is 18.0 Å². The highest BCUT2D eigenvalue weighted by Gasteiger charge is 2.03. The average molecular weight is 228 g/mol. The molecule has 1 N–H and O–H groups in total. The average Bonchev–Trinajstić information content (AvgIpc) is 2.19. The van der Waals surface area contributed by atoms with E-state index in [1.807, 2.05) is 6.92 Å². The van der Waals surface area contributed by atoms with E-state index in [9.17, 15) is 9.90 Å². The summed E-state index contributed by atoms with van der Waals surface area (Å²) in [5.74, 6) is 0.298. The fourth-order valence-electron chi connectivity index (χ4n) is 1.09. The monoisotopic (exact) mass is 228 g/mol. The lowest BCUT2D eigenvalue weighted by Gasteiger charge is -2.02. The first-order chi connectivity index (χ1) is 7.06. The zero-order valence-corrected chi connectivity index (χ0v) is 9.34. The third kappa shape index (κ3) is 4.51. The quantitative estimate of drug-likeness (QED) is 0.778. The fourth-order valence-corrected chi connectivity index (χ4v) is 1.09. The Labute approximate surface area is 91.5 Å². The third-order valence-electron chi connectivity index (χ3n) is 1.87. The number of hydrogen-bond acceptors (Lipinski definition) is 4. The lowest BCUT2D eigenvalue weighted by atomic mass is 10.1. The van der Waals surface area contributed by atoms with Crippen molar-refractivity contribution in [2.45, 2.75) is 20.3 Å². The molecule has 0 atom stereocenters. The summed E-state index contributed by atoms with van der Waals surface area (Å²) >= 11 is -0.750. The number of benzene rings is 1. The van der Waals surface area contributed by atoms with Crippen molar-refractivity contribution in [3.05, 3.63) is 29.3 Å². The zero-order valence-electron chi connectivity index (χ0n) is 8.52. The topological polar surface area (TPSA) is 71.4 Å². The van der Waals surface area contributed by atoms with Crippen LogP contribution in [0.25, 0.3) is 0 Å². The Hall–Kier alpha value is -1.49. The molecule has 0 fully saturated rings. The highest BCUT2D eigenvalue weighted by Crippen LogP contribution is 2.18. The first-order valence-electron chi connectivity index (χ1n) is 4.31. The van der Waals surface area contributed by atoms with E-state index in [4.69, 9.17) is 8.42 Å². The molecule has 0 aliphatic carbocycles. The van der Waals surface area contributed by atoms with Gasteiger partial charge in [0.05, 0.1) is 0 Å². The predicted molar refractivity (Wildman–Crippen MR) is 56.4 cm³/mol. The Morgan fingerprint density at radius 1 is 1.40 bits per heavy atom. The molecule has 5 heteroatoms. The number of carbonyl (C=O) groups is 1. The maximum atomic E-state index is 10.9. The molecule has 0 amide bonds. The standard InChI is InChI=1S/C10H12O2.O2S/c1-3-8-6-9(7(2)11)4-5-10(8)12;1-3-2/h4-6,12H,3H2,1-2H3;. The molecule has 0 spiro atoms. The SMILES string of the molecule is CCc1cc(C(C)=O)ccc1O.O=S=O. The van der Waals surface area contributed by atoms with Gasteiger partial charge in [0.1, 0.15) is 5.75 Å². The van der Waals surface area contributed by atoms with Crippen LogP contribution in [0.3, 0.4) is 0 Å². The van der Waals surface area contributed by atoms with Gasteiger partial charge in [-0.3, -0.25) is 4.79 Å². The highest BCUT2D eigenvalue weighted by molar-refractivity contribution is 7.51. The highest BCUT2D eigenvalue weighted by atomic mass is 32.1. The molecule has 82 valence electrons. The first-order valence-corrected chi connectivity index (χ1v) is 4.98. The fraction of sp³-hybridized carbons (Fsp3) is 0.300. The summed E-state index contributed by atoms with van der Waals surface area (Å²) in [5, 5.41) is 9.31. The summed E-state index contributed by atoms with van der Waals surface area (Å²) in [6.45, 7) is 3.46. The Balaban J connectivity index is 0.000000583.